The lowest BCUT2D eigenvalue weighted by Crippen LogP contribution is -2.39. The van der Waals surface area contributed by atoms with Crippen molar-refractivity contribution in [2.24, 2.45) is 0 Å². The molecule has 2 heterocycles. The van der Waals surface area contributed by atoms with E-state index >= 15 is 0 Å². The second-order valence-electron chi connectivity index (χ2n) is 6.19. The van der Waals surface area contributed by atoms with Gasteiger partial charge in [-0.1, -0.05) is 24.3 Å². The SMILES string of the molecule is Cc1[nH]c2ccccc2c1C(=O)COC(=O)CNC(=O)CNC(=O)c1cccs1. The van der Waals surface area contributed by atoms with Gasteiger partial charge in [-0.15, -0.1) is 11.3 Å². The molecule has 1 aromatic carbocycles. The number of ketones is 1. The molecule has 0 aliphatic carbocycles. The predicted molar refractivity (Wildman–Crippen MR) is 108 cm³/mol. The number of nitrogens with one attached hydrogen (secondary N) is 3. The molecule has 150 valence electrons. The molecule has 9 heteroatoms. The Morgan fingerprint density at radius 2 is 1.83 bits per heavy atom. The number of ether oxygens (including phenoxy) is 1. The molecular weight excluding hydrogens is 394 g/mol. The molecule has 2 amide bonds. The fraction of sp³-hybridized carbons (Fsp3) is 0.200. The van der Waals surface area contributed by atoms with Crippen molar-refractivity contribution in [2.45, 2.75) is 6.92 Å². The van der Waals surface area contributed by atoms with Crippen molar-refractivity contribution in [3.8, 4) is 0 Å². The first-order chi connectivity index (χ1) is 14.0. The van der Waals surface area contributed by atoms with Crippen LogP contribution in [0.2, 0.25) is 0 Å². The zero-order valence-corrected chi connectivity index (χ0v) is 16.4. The molecule has 0 saturated carbocycles. The quantitative estimate of drug-likeness (QED) is 0.385. The van der Waals surface area contributed by atoms with Crippen LogP contribution in [0, 0.1) is 6.92 Å². The summed E-state index contributed by atoms with van der Waals surface area (Å²) in [6.45, 7) is 0.692. The number of amides is 2. The van der Waals surface area contributed by atoms with E-state index < -0.39 is 25.0 Å². The summed E-state index contributed by atoms with van der Waals surface area (Å²) in [6, 6.07) is 10.7. The Labute approximate surface area is 170 Å². The maximum absolute atomic E-state index is 12.4. The number of aromatic nitrogens is 1. The van der Waals surface area contributed by atoms with Gasteiger partial charge in [-0.2, -0.15) is 0 Å². The highest BCUT2D eigenvalue weighted by Gasteiger charge is 2.18. The molecular formula is C20H19N3O5S. The van der Waals surface area contributed by atoms with Gasteiger partial charge in [-0.25, -0.2) is 0 Å². The first kappa shape index (κ1) is 20.3. The molecule has 0 spiro atoms. The number of fused-ring (bicyclic) bond motifs is 1. The molecule has 0 unspecified atom stereocenters. The molecule has 0 atom stereocenters. The molecule has 0 bridgehead atoms. The molecule has 8 nitrogen and oxygen atoms in total. The van der Waals surface area contributed by atoms with Gasteiger partial charge < -0.3 is 20.4 Å². The Kier molecular flexibility index (Phi) is 6.40. The number of carbonyl (C=O) groups is 4. The second kappa shape index (κ2) is 9.16. The van der Waals surface area contributed by atoms with Crippen LogP contribution in [-0.4, -0.2) is 48.2 Å². The third kappa shape index (κ3) is 5.08. The van der Waals surface area contributed by atoms with E-state index in [0.29, 0.717) is 16.1 Å². The molecule has 29 heavy (non-hydrogen) atoms. The number of para-hydroxylation sites is 1. The average Bonchev–Trinajstić information content (AvgIpc) is 3.35. The zero-order valence-electron chi connectivity index (χ0n) is 15.6. The largest absolute Gasteiger partial charge is 0.456 e. The lowest BCUT2D eigenvalue weighted by atomic mass is 10.1. The van der Waals surface area contributed by atoms with Gasteiger partial charge in [-0.3, -0.25) is 19.2 Å². The summed E-state index contributed by atoms with van der Waals surface area (Å²) in [5, 5.41) is 7.31. The summed E-state index contributed by atoms with van der Waals surface area (Å²) in [4.78, 5) is 51.3. The summed E-state index contributed by atoms with van der Waals surface area (Å²) in [5.74, 6) is -1.97. The van der Waals surface area contributed by atoms with Gasteiger partial charge in [0.1, 0.15) is 6.54 Å². The van der Waals surface area contributed by atoms with Gasteiger partial charge >= 0.3 is 5.97 Å². The zero-order chi connectivity index (χ0) is 20.8. The van der Waals surface area contributed by atoms with Crippen molar-refractivity contribution in [1.29, 1.82) is 0 Å². The van der Waals surface area contributed by atoms with Crippen LogP contribution >= 0.6 is 11.3 Å². The number of hydrogen-bond donors (Lipinski definition) is 3. The van der Waals surface area contributed by atoms with Gasteiger partial charge in [0.15, 0.2) is 6.61 Å². The number of rotatable bonds is 8. The van der Waals surface area contributed by atoms with Crippen LogP contribution in [0.25, 0.3) is 10.9 Å². The Balaban J connectivity index is 1.42. The maximum atomic E-state index is 12.4. The Hall–Kier alpha value is -3.46. The van der Waals surface area contributed by atoms with Gasteiger partial charge in [0.25, 0.3) is 5.91 Å². The van der Waals surface area contributed by atoms with Crippen LogP contribution in [0.5, 0.6) is 0 Å². The lowest BCUT2D eigenvalue weighted by Gasteiger charge is -2.07. The Morgan fingerprint density at radius 3 is 2.59 bits per heavy atom. The van der Waals surface area contributed by atoms with Gasteiger partial charge in [0.2, 0.25) is 11.7 Å². The van der Waals surface area contributed by atoms with Gasteiger partial charge in [-0.05, 0) is 24.4 Å². The van der Waals surface area contributed by atoms with Crippen LogP contribution < -0.4 is 10.6 Å². The molecule has 3 rings (SSSR count). The van der Waals surface area contributed by atoms with E-state index in [1.165, 1.54) is 11.3 Å². The number of aryl methyl sites for hydroxylation is 1. The van der Waals surface area contributed by atoms with Crippen molar-refractivity contribution in [3.63, 3.8) is 0 Å². The second-order valence-corrected chi connectivity index (χ2v) is 7.14. The topological polar surface area (TPSA) is 117 Å². The summed E-state index contributed by atoms with van der Waals surface area (Å²) in [6.07, 6.45) is 0. The van der Waals surface area contributed by atoms with E-state index in [-0.39, 0.29) is 18.2 Å². The van der Waals surface area contributed by atoms with Crippen LogP contribution in [-0.2, 0) is 14.3 Å². The lowest BCUT2D eigenvalue weighted by molar-refractivity contribution is -0.142. The van der Waals surface area contributed by atoms with E-state index in [9.17, 15) is 19.2 Å². The Bertz CT molecular complexity index is 1060. The molecule has 0 aliphatic rings. The summed E-state index contributed by atoms with van der Waals surface area (Å²) >= 11 is 1.26. The molecule has 0 aliphatic heterocycles. The van der Waals surface area contributed by atoms with Crippen LogP contribution in [0.1, 0.15) is 25.7 Å². The van der Waals surface area contributed by atoms with Gasteiger partial charge in [0, 0.05) is 22.2 Å². The number of aromatic amines is 1. The smallest absolute Gasteiger partial charge is 0.325 e. The minimum Gasteiger partial charge on any atom is -0.456 e. The fourth-order valence-electron chi connectivity index (χ4n) is 2.79. The van der Waals surface area contributed by atoms with Crippen LogP contribution in [0.15, 0.2) is 41.8 Å². The number of H-pyrrole nitrogens is 1. The summed E-state index contributed by atoms with van der Waals surface area (Å²) < 4.78 is 4.96. The van der Waals surface area contributed by atoms with E-state index in [2.05, 4.69) is 15.6 Å². The highest BCUT2D eigenvalue weighted by molar-refractivity contribution is 7.12. The fourth-order valence-corrected chi connectivity index (χ4v) is 3.43. The number of esters is 1. The van der Waals surface area contributed by atoms with Crippen molar-refractivity contribution in [2.75, 3.05) is 19.7 Å². The van der Waals surface area contributed by atoms with E-state index in [1.807, 2.05) is 24.3 Å². The maximum Gasteiger partial charge on any atom is 0.325 e. The van der Waals surface area contributed by atoms with E-state index in [4.69, 9.17) is 4.74 Å². The minimum atomic E-state index is -0.742. The van der Waals surface area contributed by atoms with Crippen molar-refractivity contribution < 1.29 is 23.9 Å². The molecule has 3 aromatic rings. The highest BCUT2D eigenvalue weighted by Crippen LogP contribution is 2.22. The number of carbonyl (C=O) groups excluding carboxylic acids is 4. The normalized spacial score (nSPS) is 10.5. The summed E-state index contributed by atoms with van der Waals surface area (Å²) in [5.41, 5.74) is 2.01. The van der Waals surface area contributed by atoms with Crippen molar-refractivity contribution in [3.05, 3.63) is 57.9 Å². The number of benzene rings is 1. The number of hydrogen-bond acceptors (Lipinski definition) is 6. The first-order valence-electron chi connectivity index (χ1n) is 8.80. The third-order valence-electron chi connectivity index (χ3n) is 4.12. The predicted octanol–water partition coefficient (Wildman–Crippen LogP) is 1.81. The first-order valence-corrected chi connectivity index (χ1v) is 9.68. The molecule has 2 aromatic heterocycles. The summed E-state index contributed by atoms with van der Waals surface area (Å²) in [7, 11) is 0. The molecule has 0 radical (unpaired) electrons. The Morgan fingerprint density at radius 1 is 1.03 bits per heavy atom. The number of Topliss-reactive ketones (excluding diaryl/α,β-unsaturated/α-hetero) is 1. The van der Waals surface area contributed by atoms with Crippen molar-refractivity contribution in [1.82, 2.24) is 15.6 Å². The van der Waals surface area contributed by atoms with E-state index in [0.717, 1.165) is 10.9 Å². The van der Waals surface area contributed by atoms with Crippen molar-refractivity contribution >= 4 is 45.8 Å². The van der Waals surface area contributed by atoms with Crippen LogP contribution in [0.4, 0.5) is 0 Å². The standard InChI is InChI=1S/C20H19N3O5S/c1-12-19(13-5-2-3-6-14(13)23-12)15(24)11-28-18(26)10-21-17(25)9-22-20(27)16-7-4-8-29-16/h2-8,23H,9-11H2,1H3,(H,21,25)(H,22,27). The average molecular weight is 413 g/mol. The minimum absolute atomic E-state index is 0.266. The third-order valence-corrected chi connectivity index (χ3v) is 4.99. The van der Waals surface area contributed by atoms with Gasteiger partial charge in [0.05, 0.1) is 11.4 Å². The highest BCUT2D eigenvalue weighted by atomic mass is 32.1. The molecule has 0 fully saturated rings. The molecule has 0 saturated heterocycles. The van der Waals surface area contributed by atoms with Crippen LogP contribution in [0.3, 0.4) is 0 Å². The number of thiophene rings is 1. The molecule has 3 N–H and O–H groups in total. The monoisotopic (exact) mass is 413 g/mol. The van der Waals surface area contributed by atoms with E-state index in [1.54, 1.807) is 24.4 Å².